The number of fused-ring (bicyclic) bond motifs is 1. The van der Waals surface area contributed by atoms with E-state index in [4.69, 9.17) is 16.9 Å². The number of hydrogen-bond acceptors (Lipinski definition) is 10. The fourth-order valence-electron chi connectivity index (χ4n) is 6.60. The van der Waals surface area contributed by atoms with Gasteiger partial charge in [-0.1, -0.05) is 23.7 Å². The number of nitriles is 1. The second kappa shape index (κ2) is 15.0. The number of nitrogens with one attached hydrogen (secondary N) is 3. The van der Waals surface area contributed by atoms with Crippen molar-refractivity contribution in [2.45, 2.75) is 25.3 Å². The Bertz CT molecular complexity index is 2350. The van der Waals surface area contributed by atoms with Gasteiger partial charge in [0.05, 0.1) is 23.0 Å². The van der Waals surface area contributed by atoms with E-state index in [1.807, 2.05) is 0 Å². The van der Waals surface area contributed by atoms with Gasteiger partial charge in [0.25, 0.3) is 5.56 Å². The molecule has 18 heteroatoms. The lowest BCUT2D eigenvalue weighted by molar-refractivity contribution is -0.149. The Hall–Kier alpha value is -6.80. The largest absolute Gasteiger partial charge is 0.507 e. The quantitative estimate of drug-likeness (QED) is 0.170. The Balaban J connectivity index is 1.13. The van der Waals surface area contributed by atoms with Crippen LogP contribution in [-0.4, -0.2) is 96.1 Å². The van der Waals surface area contributed by atoms with Crippen LogP contribution in [0.15, 0.2) is 77.9 Å². The van der Waals surface area contributed by atoms with Crippen LogP contribution in [-0.2, 0) is 20.8 Å². The van der Waals surface area contributed by atoms with Crippen molar-refractivity contribution in [1.82, 2.24) is 35.0 Å². The molecule has 2 fully saturated rings. The van der Waals surface area contributed by atoms with Gasteiger partial charge in [-0.25, -0.2) is 4.79 Å². The van der Waals surface area contributed by atoms with Crippen molar-refractivity contribution in [3.8, 4) is 17.5 Å². The number of likely N-dealkylation sites (tertiary alicyclic amines) is 1. The van der Waals surface area contributed by atoms with Gasteiger partial charge in [-0.15, -0.1) is 5.10 Å². The summed E-state index contributed by atoms with van der Waals surface area (Å²) in [5, 5.41) is 37.0. The highest BCUT2D eigenvalue weighted by Crippen LogP contribution is 2.31. The van der Waals surface area contributed by atoms with Crippen molar-refractivity contribution >= 4 is 63.3 Å². The van der Waals surface area contributed by atoms with E-state index >= 15 is 0 Å². The first-order valence-corrected chi connectivity index (χ1v) is 17.3. The van der Waals surface area contributed by atoms with Crippen molar-refractivity contribution < 1.29 is 24.3 Å². The molecule has 0 unspecified atom stereocenters. The van der Waals surface area contributed by atoms with E-state index in [-0.39, 0.29) is 48.3 Å². The maximum atomic E-state index is 14.1. The van der Waals surface area contributed by atoms with E-state index in [1.54, 1.807) is 41.3 Å². The van der Waals surface area contributed by atoms with E-state index in [0.29, 0.717) is 59.1 Å². The number of benzene rings is 3. The Morgan fingerprint density at radius 3 is 2.41 bits per heavy atom. The number of carbonyl (C=O) groups excluding carboxylic acids is 4. The number of amides is 5. The number of hydrogen-bond donors (Lipinski definition) is 4. The first-order chi connectivity index (χ1) is 26.1. The van der Waals surface area contributed by atoms with E-state index in [1.165, 1.54) is 45.1 Å². The topological polar surface area (TPSA) is 223 Å². The number of piperazine rings is 1. The lowest BCUT2D eigenvalue weighted by atomic mass is 9.99. The molecule has 0 spiro atoms. The average molecular weight is 750 g/mol. The summed E-state index contributed by atoms with van der Waals surface area (Å²) < 4.78 is 1.34. The van der Waals surface area contributed by atoms with Gasteiger partial charge in [0.15, 0.2) is 0 Å². The van der Waals surface area contributed by atoms with Crippen LogP contribution in [0.25, 0.3) is 16.6 Å². The summed E-state index contributed by atoms with van der Waals surface area (Å²) in [5.74, 6) is -2.77. The number of anilines is 3. The summed E-state index contributed by atoms with van der Waals surface area (Å²) in [6.45, 7) is 0.937. The van der Waals surface area contributed by atoms with Crippen LogP contribution in [0.3, 0.4) is 0 Å². The molecule has 4 heterocycles. The third-order valence-electron chi connectivity index (χ3n) is 9.44. The molecule has 3 aromatic carbocycles. The fraction of sp³-hybridized carbons (Fsp3) is 0.250. The molecule has 2 aliphatic rings. The minimum atomic E-state index is -1.18. The average Bonchev–Trinajstić information content (AvgIpc) is 3.71. The third-order valence-corrected chi connectivity index (χ3v) is 9.68. The van der Waals surface area contributed by atoms with Crippen molar-refractivity contribution in [3.05, 3.63) is 94.0 Å². The third kappa shape index (κ3) is 7.41. The van der Waals surface area contributed by atoms with Gasteiger partial charge in [-0.05, 0) is 77.4 Å². The molecule has 2 aromatic heterocycles. The lowest BCUT2D eigenvalue weighted by Crippen LogP contribution is -2.60. The molecule has 5 aromatic rings. The van der Waals surface area contributed by atoms with E-state index in [9.17, 15) is 29.1 Å². The number of H-pyrrole nitrogens is 1. The van der Waals surface area contributed by atoms with Crippen molar-refractivity contribution in [2.75, 3.05) is 41.7 Å². The molecule has 54 heavy (non-hydrogen) atoms. The number of urea groups is 1. The number of pyridine rings is 1. The molecule has 17 nitrogen and oxygen atoms in total. The number of carbonyl (C=O) groups is 4. The SMILES string of the molecule is N#CC1CCN(C(=O)Nc2ccc(C[C@@H](C(=O)Nc3ccc4[nH]c(=O)cc(O)c4c3)N3CCN(c4cc(Cl)ccc4-n4cnnn4)C(=O)C3=O)cc2)CC1. The van der Waals surface area contributed by atoms with Gasteiger partial charge in [0.1, 0.15) is 18.1 Å². The van der Waals surface area contributed by atoms with Crippen LogP contribution < -0.4 is 21.1 Å². The minimum absolute atomic E-state index is 0.0000546. The summed E-state index contributed by atoms with van der Waals surface area (Å²) in [6.07, 6.45) is 2.57. The first kappa shape index (κ1) is 35.6. The first-order valence-electron chi connectivity index (χ1n) is 16.9. The van der Waals surface area contributed by atoms with Crippen LogP contribution in [0.4, 0.5) is 21.9 Å². The summed E-state index contributed by atoms with van der Waals surface area (Å²) in [6, 6.07) is 17.9. The molecular formula is C36H32ClN11O6. The number of nitrogens with zero attached hydrogens (tertiary/aromatic N) is 8. The predicted octanol–water partition coefficient (Wildman–Crippen LogP) is 3.06. The molecule has 4 N–H and O–H groups in total. The maximum absolute atomic E-state index is 14.1. The lowest BCUT2D eigenvalue weighted by Gasteiger charge is -2.38. The number of aromatic hydroxyl groups is 1. The van der Waals surface area contributed by atoms with Gasteiger partial charge < -0.3 is 35.4 Å². The number of aromatic nitrogens is 5. The Morgan fingerprint density at radius 1 is 0.926 bits per heavy atom. The van der Waals surface area contributed by atoms with Gasteiger partial charge in [0.2, 0.25) is 5.91 Å². The van der Waals surface area contributed by atoms with Crippen LogP contribution >= 0.6 is 11.6 Å². The highest BCUT2D eigenvalue weighted by Gasteiger charge is 2.40. The minimum Gasteiger partial charge on any atom is -0.507 e. The van der Waals surface area contributed by atoms with Crippen molar-refractivity contribution in [1.29, 1.82) is 5.26 Å². The molecule has 0 saturated carbocycles. The van der Waals surface area contributed by atoms with Gasteiger partial charge in [0, 0.05) is 66.4 Å². The standard InChI is InChI=1S/C36H32ClN11O6/c37-23-3-8-28(48-20-39-43-44-48)29(16-23)46-13-14-47(35(53)34(46)52)30(33(51)40-25-6-7-27-26(17-25)31(49)18-32(50)42-27)15-21-1-4-24(5-2-21)41-36(54)45-11-9-22(19-38)10-12-45/h1-8,16-18,20,22,30H,9-15H2,(H,40,51)(H,41,54)(H2,42,49,50)/t30-/m0/s1. The number of halogens is 1. The van der Waals surface area contributed by atoms with Crippen LogP contribution in [0.2, 0.25) is 5.02 Å². The summed E-state index contributed by atoms with van der Waals surface area (Å²) >= 11 is 6.30. The number of rotatable bonds is 8. The zero-order valence-corrected chi connectivity index (χ0v) is 29.2. The van der Waals surface area contributed by atoms with Gasteiger partial charge >= 0.3 is 17.8 Å². The smallest absolute Gasteiger partial charge is 0.321 e. The van der Waals surface area contributed by atoms with E-state index in [0.717, 1.165) is 6.07 Å². The monoisotopic (exact) mass is 749 g/mol. The fourth-order valence-corrected chi connectivity index (χ4v) is 6.77. The molecule has 2 saturated heterocycles. The van der Waals surface area contributed by atoms with E-state index in [2.05, 4.69) is 37.2 Å². The molecule has 2 aliphatic heterocycles. The van der Waals surface area contributed by atoms with Crippen LogP contribution in [0.1, 0.15) is 18.4 Å². The summed E-state index contributed by atoms with van der Waals surface area (Å²) in [5.41, 5.74) is 2.00. The Kier molecular flexibility index (Phi) is 9.92. The second-order valence-electron chi connectivity index (χ2n) is 12.8. The number of tetrazole rings is 1. The molecule has 0 radical (unpaired) electrons. The van der Waals surface area contributed by atoms with E-state index < -0.39 is 29.3 Å². The molecule has 0 aliphatic carbocycles. The molecule has 1 atom stereocenters. The maximum Gasteiger partial charge on any atom is 0.321 e. The normalized spacial score (nSPS) is 15.6. The molecule has 5 amide bonds. The summed E-state index contributed by atoms with van der Waals surface area (Å²) in [4.78, 5) is 73.3. The molecular weight excluding hydrogens is 718 g/mol. The second-order valence-corrected chi connectivity index (χ2v) is 13.3. The molecule has 274 valence electrons. The van der Waals surface area contributed by atoms with Crippen LogP contribution in [0, 0.1) is 17.2 Å². The zero-order valence-electron chi connectivity index (χ0n) is 28.5. The van der Waals surface area contributed by atoms with Crippen molar-refractivity contribution in [2.24, 2.45) is 5.92 Å². The molecule has 0 bridgehead atoms. The summed E-state index contributed by atoms with van der Waals surface area (Å²) in [7, 11) is 0. The highest BCUT2D eigenvalue weighted by molar-refractivity contribution is 6.41. The number of aromatic amines is 1. The number of piperidine rings is 1. The van der Waals surface area contributed by atoms with Crippen molar-refractivity contribution in [3.63, 3.8) is 0 Å². The predicted molar refractivity (Wildman–Crippen MR) is 196 cm³/mol. The zero-order chi connectivity index (χ0) is 37.9. The Morgan fingerprint density at radius 2 is 1.69 bits per heavy atom. The molecule has 7 rings (SSSR count). The van der Waals surface area contributed by atoms with Crippen LogP contribution in [0.5, 0.6) is 5.75 Å². The Labute approximate surface area is 311 Å². The van der Waals surface area contributed by atoms with Gasteiger partial charge in [-0.2, -0.15) is 9.94 Å². The highest BCUT2D eigenvalue weighted by atomic mass is 35.5. The van der Waals surface area contributed by atoms with Gasteiger partial charge in [-0.3, -0.25) is 19.2 Å².